The van der Waals surface area contributed by atoms with Crippen LogP contribution >= 0.6 is 0 Å². The first-order valence-corrected chi connectivity index (χ1v) is 10.5. The molecule has 0 bridgehead atoms. The van der Waals surface area contributed by atoms with E-state index in [9.17, 15) is 26.7 Å². The van der Waals surface area contributed by atoms with Gasteiger partial charge in [-0.1, -0.05) is 12.7 Å². The van der Waals surface area contributed by atoms with Gasteiger partial charge in [-0.15, -0.1) is 0 Å². The van der Waals surface area contributed by atoms with E-state index in [1.54, 1.807) is 4.68 Å². The number of halogens is 5. The number of amides is 2. The molecule has 0 radical (unpaired) electrons. The Bertz CT molecular complexity index is 1360. The number of aromatic nitrogens is 4. The molecule has 0 spiro atoms. The number of nitrogen functional groups attached to an aromatic ring is 1. The maximum Gasteiger partial charge on any atom is 0.416 e. The topological polar surface area (TPSA) is 111 Å². The van der Waals surface area contributed by atoms with Crippen LogP contribution in [0.25, 0.3) is 16.6 Å². The number of hydrogen-bond donors (Lipinski definition) is 3. The van der Waals surface area contributed by atoms with Gasteiger partial charge in [-0.2, -0.15) is 18.3 Å². The molecule has 3 aromatic rings. The number of rotatable bonds is 7. The van der Waals surface area contributed by atoms with Crippen LogP contribution in [0.4, 0.5) is 38.3 Å². The molecule has 2 heterocycles. The van der Waals surface area contributed by atoms with Gasteiger partial charge in [0.1, 0.15) is 30.3 Å². The fraction of sp³-hybridized carbons (Fsp3) is 0.217. The van der Waals surface area contributed by atoms with E-state index in [1.165, 1.54) is 18.5 Å². The summed E-state index contributed by atoms with van der Waals surface area (Å²) < 4.78 is 67.3. The number of anilines is 2. The molecule has 0 aliphatic carbocycles. The molecular formula is C23H22F5N7O. The average Bonchev–Trinajstić information content (AvgIpc) is 3.19. The van der Waals surface area contributed by atoms with Crippen LogP contribution in [0.15, 0.2) is 55.0 Å². The normalized spacial score (nSPS) is 12.5. The molecule has 8 nitrogen and oxygen atoms in total. The Hall–Kier alpha value is -4.29. The van der Waals surface area contributed by atoms with E-state index in [-0.39, 0.29) is 17.6 Å². The minimum absolute atomic E-state index is 0.0593. The first-order valence-electron chi connectivity index (χ1n) is 10.5. The van der Waals surface area contributed by atoms with Gasteiger partial charge in [0.25, 0.3) is 0 Å². The van der Waals surface area contributed by atoms with E-state index < -0.39 is 36.0 Å². The van der Waals surface area contributed by atoms with Gasteiger partial charge in [-0.05, 0) is 49.8 Å². The van der Waals surface area contributed by atoms with Crippen molar-refractivity contribution in [1.29, 1.82) is 0 Å². The Kier molecular flexibility index (Phi) is 7.71. The summed E-state index contributed by atoms with van der Waals surface area (Å²) in [7, 11) is 0. The highest BCUT2D eigenvalue weighted by atomic mass is 19.4. The quantitative estimate of drug-likeness (QED) is 0.293. The van der Waals surface area contributed by atoms with Crippen molar-refractivity contribution in [2.24, 2.45) is 0 Å². The molecule has 3 rings (SSSR count). The van der Waals surface area contributed by atoms with Crippen LogP contribution < -0.4 is 16.4 Å². The fourth-order valence-electron chi connectivity index (χ4n) is 3.18. The van der Waals surface area contributed by atoms with Crippen LogP contribution in [0, 0.1) is 5.82 Å². The SMILES string of the molecule is C=C(/C=C\C(=C/CF)NC(=O)Nc1cc(C(F)(F)F)ccc1F)c1nn(C(C)C)c2ncnc(N)c12. The molecule has 0 saturated carbocycles. The molecule has 1 aromatic carbocycles. The number of carbonyl (C=O) groups is 1. The van der Waals surface area contributed by atoms with Crippen molar-refractivity contribution in [2.75, 3.05) is 17.7 Å². The Morgan fingerprint density at radius 3 is 2.61 bits per heavy atom. The molecule has 0 aliphatic rings. The van der Waals surface area contributed by atoms with Crippen LogP contribution in [0.3, 0.4) is 0 Å². The predicted octanol–water partition coefficient (Wildman–Crippen LogP) is 5.39. The molecule has 0 fully saturated rings. The van der Waals surface area contributed by atoms with Gasteiger partial charge in [0.15, 0.2) is 5.65 Å². The second-order valence-electron chi connectivity index (χ2n) is 7.79. The van der Waals surface area contributed by atoms with Gasteiger partial charge in [0.05, 0.1) is 16.6 Å². The number of allylic oxidation sites excluding steroid dienone is 4. The summed E-state index contributed by atoms with van der Waals surface area (Å²) in [6.07, 6.45) is 0.284. The monoisotopic (exact) mass is 507 g/mol. The fourth-order valence-corrected chi connectivity index (χ4v) is 3.18. The summed E-state index contributed by atoms with van der Waals surface area (Å²) in [6, 6.07) is 0.430. The number of alkyl halides is 4. The maximum atomic E-state index is 13.9. The Labute approximate surface area is 202 Å². The number of hydrogen-bond acceptors (Lipinski definition) is 5. The smallest absolute Gasteiger partial charge is 0.383 e. The first-order chi connectivity index (χ1) is 16.9. The lowest BCUT2D eigenvalue weighted by atomic mass is 10.1. The van der Waals surface area contributed by atoms with Crippen LogP contribution in [-0.4, -0.2) is 32.5 Å². The highest BCUT2D eigenvalue weighted by Crippen LogP contribution is 2.32. The average molecular weight is 507 g/mol. The number of benzene rings is 1. The van der Waals surface area contributed by atoms with E-state index >= 15 is 0 Å². The van der Waals surface area contributed by atoms with E-state index in [0.29, 0.717) is 40.5 Å². The summed E-state index contributed by atoms with van der Waals surface area (Å²) in [5, 5.41) is 9.18. The van der Waals surface area contributed by atoms with Crippen molar-refractivity contribution < 1.29 is 26.7 Å². The van der Waals surface area contributed by atoms with E-state index in [4.69, 9.17) is 5.73 Å². The Morgan fingerprint density at radius 1 is 1.25 bits per heavy atom. The molecule has 0 saturated heterocycles. The summed E-state index contributed by atoms with van der Waals surface area (Å²) in [5.74, 6) is -0.901. The van der Waals surface area contributed by atoms with E-state index in [1.807, 2.05) is 19.2 Å². The second-order valence-corrected chi connectivity index (χ2v) is 7.79. The van der Waals surface area contributed by atoms with Crippen molar-refractivity contribution in [1.82, 2.24) is 25.1 Å². The van der Waals surface area contributed by atoms with E-state index in [0.717, 1.165) is 6.08 Å². The molecule has 2 aromatic heterocycles. The molecule has 13 heteroatoms. The number of carbonyl (C=O) groups excluding carboxylic acids is 1. The lowest BCUT2D eigenvalue weighted by Gasteiger charge is -2.12. The summed E-state index contributed by atoms with van der Waals surface area (Å²) in [5.41, 5.74) is 5.27. The van der Waals surface area contributed by atoms with Crippen LogP contribution in [-0.2, 0) is 6.18 Å². The third-order valence-corrected chi connectivity index (χ3v) is 4.87. The summed E-state index contributed by atoms with van der Waals surface area (Å²) in [6.45, 7) is 6.74. The molecular weight excluding hydrogens is 485 g/mol. The third-order valence-electron chi connectivity index (χ3n) is 4.87. The highest BCUT2D eigenvalue weighted by Gasteiger charge is 2.31. The van der Waals surface area contributed by atoms with Crippen LogP contribution in [0.1, 0.15) is 31.1 Å². The number of nitrogens with zero attached hydrogens (tertiary/aromatic N) is 4. The predicted molar refractivity (Wildman–Crippen MR) is 126 cm³/mol. The van der Waals surface area contributed by atoms with Crippen LogP contribution in [0.5, 0.6) is 0 Å². The van der Waals surface area contributed by atoms with Gasteiger partial charge in [-0.25, -0.2) is 28.2 Å². The van der Waals surface area contributed by atoms with Gasteiger partial charge in [-0.3, -0.25) is 0 Å². The van der Waals surface area contributed by atoms with Crippen molar-refractivity contribution in [3.63, 3.8) is 0 Å². The molecule has 4 N–H and O–H groups in total. The second kappa shape index (κ2) is 10.5. The largest absolute Gasteiger partial charge is 0.416 e. The van der Waals surface area contributed by atoms with Crippen molar-refractivity contribution in [3.05, 3.63) is 72.1 Å². The Morgan fingerprint density at radius 2 is 1.97 bits per heavy atom. The summed E-state index contributed by atoms with van der Waals surface area (Å²) >= 11 is 0. The van der Waals surface area contributed by atoms with Crippen LogP contribution in [0.2, 0.25) is 0 Å². The highest BCUT2D eigenvalue weighted by molar-refractivity contribution is 5.97. The molecule has 0 unspecified atom stereocenters. The van der Waals surface area contributed by atoms with Gasteiger partial charge >= 0.3 is 12.2 Å². The molecule has 36 heavy (non-hydrogen) atoms. The maximum absolute atomic E-state index is 13.9. The molecule has 0 aliphatic heterocycles. The third kappa shape index (κ3) is 5.85. The lowest BCUT2D eigenvalue weighted by molar-refractivity contribution is -0.137. The van der Waals surface area contributed by atoms with Gasteiger partial charge in [0.2, 0.25) is 0 Å². The molecule has 0 atom stereocenters. The zero-order valence-corrected chi connectivity index (χ0v) is 19.2. The minimum atomic E-state index is -4.73. The van der Waals surface area contributed by atoms with Crippen molar-refractivity contribution in [3.8, 4) is 0 Å². The van der Waals surface area contributed by atoms with Gasteiger partial charge in [0, 0.05) is 11.7 Å². The molecule has 190 valence electrons. The van der Waals surface area contributed by atoms with Crippen molar-refractivity contribution in [2.45, 2.75) is 26.1 Å². The lowest BCUT2D eigenvalue weighted by Crippen LogP contribution is -2.28. The Balaban J connectivity index is 1.81. The van der Waals surface area contributed by atoms with E-state index in [2.05, 4.69) is 27.0 Å². The molecule has 2 amide bonds. The zero-order valence-electron chi connectivity index (χ0n) is 19.2. The number of nitrogens with one attached hydrogen (secondary N) is 2. The van der Waals surface area contributed by atoms with Crippen molar-refractivity contribution >= 4 is 34.1 Å². The number of urea groups is 1. The first kappa shape index (κ1) is 26.3. The number of nitrogens with two attached hydrogens (primary N) is 1. The zero-order chi connectivity index (χ0) is 26.6. The number of fused-ring (bicyclic) bond motifs is 1. The standard InChI is InChI=1S/C23H22F5N7O/c1-12(2)35-21-18(20(29)30-11-31-21)19(34-35)13(3)4-6-15(8-9-24)32-22(36)33-17-10-14(23(26,27)28)5-7-16(17)25/h4-8,10-12H,3,9H2,1-2H3,(H2,29,30,31)(H2,32,33,36)/b6-4-,15-8+. The summed E-state index contributed by atoms with van der Waals surface area (Å²) in [4.78, 5) is 20.5. The minimum Gasteiger partial charge on any atom is -0.383 e. The van der Waals surface area contributed by atoms with Gasteiger partial charge < -0.3 is 16.4 Å².